The van der Waals surface area contributed by atoms with Crippen LogP contribution in [0.25, 0.3) is 0 Å². The molecule has 0 fully saturated rings. The Balaban J connectivity index is 2.16. The molecule has 2 rings (SSSR count). The number of nitrogens with one attached hydrogen (secondary N) is 1. The number of carbonyl (C=O) groups is 1. The summed E-state index contributed by atoms with van der Waals surface area (Å²) in [6.45, 7) is 6.22. The molecule has 26 heavy (non-hydrogen) atoms. The van der Waals surface area contributed by atoms with Crippen LogP contribution in [-0.2, 0) is 16.3 Å². The Morgan fingerprint density at radius 1 is 1.08 bits per heavy atom. The van der Waals surface area contributed by atoms with Gasteiger partial charge in [-0.25, -0.2) is 8.42 Å². The van der Waals surface area contributed by atoms with Crippen LogP contribution in [0, 0.1) is 5.92 Å². The lowest BCUT2D eigenvalue weighted by molar-refractivity contribution is 0.0940. The molecule has 0 heterocycles. The fourth-order valence-electron chi connectivity index (χ4n) is 2.68. The molecule has 0 aliphatic carbocycles. The van der Waals surface area contributed by atoms with Crippen molar-refractivity contribution in [3.63, 3.8) is 0 Å². The van der Waals surface area contributed by atoms with Gasteiger partial charge in [-0.1, -0.05) is 49.7 Å². The van der Waals surface area contributed by atoms with Crippen molar-refractivity contribution in [2.75, 3.05) is 6.26 Å². The Morgan fingerprint density at radius 3 is 2.23 bits per heavy atom. The van der Waals surface area contributed by atoms with Crippen LogP contribution in [-0.4, -0.2) is 20.6 Å². The highest BCUT2D eigenvalue weighted by molar-refractivity contribution is 7.90. The van der Waals surface area contributed by atoms with Crippen LogP contribution in [0.1, 0.15) is 48.3 Å². The second-order valence-electron chi connectivity index (χ2n) is 6.95. The minimum atomic E-state index is -3.41. The summed E-state index contributed by atoms with van der Waals surface area (Å²) in [5.74, 6) is 0.182. The maximum Gasteiger partial charge on any atom is 0.253 e. The van der Waals surface area contributed by atoms with Crippen molar-refractivity contribution >= 4 is 27.3 Å². The zero-order valence-electron chi connectivity index (χ0n) is 15.4. The summed E-state index contributed by atoms with van der Waals surface area (Å²) in [6.07, 6.45) is 2.11. The lowest BCUT2D eigenvalue weighted by atomic mass is 10.00. The van der Waals surface area contributed by atoms with Crippen molar-refractivity contribution in [2.45, 2.75) is 38.1 Å². The standard InChI is InChI=1S/C20H24ClNO3S/c1-13(2)11-15-5-7-16(8-6-15)14(3)22-20(23)18-12-17(26(4,24)25)9-10-19(18)21/h5-10,12-14H,11H2,1-4H3,(H,22,23). The van der Waals surface area contributed by atoms with E-state index in [-0.39, 0.29) is 21.5 Å². The molecule has 0 aliphatic heterocycles. The average molecular weight is 394 g/mol. The van der Waals surface area contributed by atoms with Gasteiger partial charge in [0.25, 0.3) is 5.91 Å². The van der Waals surface area contributed by atoms with Gasteiger partial charge in [0.2, 0.25) is 0 Å². The number of halogens is 1. The molecule has 140 valence electrons. The summed E-state index contributed by atoms with van der Waals surface area (Å²) in [7, 11) is -3.41. The molecule has 1 atom stereocenters. The summed E-state index contributed by atoms with van der Waals surface area (Å²) in [5, 5.41) is 3.09. The van der Waals surface area contributed by atoms with E-state index < -0.39 is 15.7 Å². The zero-order valence-corrected chi connectivity index (χ0v) is 17.0. The predicted molar refractivity (Wildman–Crippen MR) is 105 cm³/mol. The van der Waals surface area contributed by atoms with E-state index in [1.54, 1.807) is 0 Å². The highest BCUT2D eigenvalue weighted by Crippen LogP contribution is 2.22. The third-order valence-electron chi connectivity index (χ3n) is 4.08. The normalized spacial score (nSPS) is 12.8. The van der Waals surface area contributed by atoms with Gasteiger partial charge in [0.1, 0.15) is 0 Å². The van der Waals surface area contributed by atoms with Gasteiger partial charge in [-0.2, -0.15) is 0 Å². The molecule has 0 spiro atoms. The van der Waals surface area contributed by atoms with Crippen molar-refractivity contribution in [1.82, 2.24) is 5.32 Å². The largest absolute Gasteiger partial charge is 0.345 e. The molecule has 0 saturated heterocycles. The SMILES string of the molecule is CC(C)Cc1ccc(C(C)NC(=O)c2cc(S(C)(=O)=O)ccc2Cl)cc1. The number of rotatable bonds is 6. The van der Waals surface area contributed by atoms with Crippen LogP contribution in [0.2, 0.25) is 5.02 Å². The topological polar surface area (TPSA) is 63.2 Å². The maximum atomic E-state index is 12.6. The van der Waals surface area contributed by atoms with Gasteiger partial charge in [-0.05, 0) is 48.6 Å². The average Bonchev–Trinajstić information content (AvgIpc) is 2.54. The molecule has 2 aromatic rings. The quantitative estimate of drug-likeness (QED) is 0.789. The Kier molecular flexibility index (Phi) is 6.48. The minimum absolute atomic E-state index is 0.0674. The summed E-state index contributed by atoms with van der Waals surface area (Å²) in [6, 6.07) is 12.0. The van der Waals surface area contributed by atoms with Gasteiger partial charge in [-0.3, -0.25) is 4.79 Å². The summed E-state index contributed by atoms with van der Waals surface area (Å²) in [5.41, 5.74) is 2.38. The van der Waals surface area contributed by atoms with Crippen molar-refractivity contribution < 1.29 is 13.2 Å². The van der Waals surface area contributed by atoms with E-state index in [1.165, 1.54) is 23.8 Å². The van der Waals surface area contributed by atoms with Crippen molar-refractivity contribution in [1.29, 1.82) is 0 Å². The van der Waals surface area contributed by atoms with E-state index in [4.69, 9.17) is 11.6 Å². The Bertz CT molecular complexity index is 890. The Hall–Kier alpha value is -1.85. The highest BCUT2D eigenvalue weighted by Gasteiger charge is 2.17. The lowest BCUT2D eigenvalue weighted by Gasteiger charge is -2.16. The molecule has 1 unspecified atom stereocenters. The molecule has 1 N–H and O–H groups in total. The Labute approximate surface area is 160 Å². The first-order valence-corrected chi connectivity index (χ1v) is 10.7. The van der Waals surface area contributed by atoms with Crippen LogP contribution in [0.5, 0.6) is 0 Å². The predicted octanol–water partition coefficient (Wildman–Crippen LogP) is 4.43. The number of carbonyl (C=O) groups excluding carboxylic acids is 1. The fourth-order valence-corrected chi connectivity index (χ4v) is 3.53. The lowest BCUT2D eigenvalue weighted by Crippen LogP contribution is -2.27. The first kappa shape index (κ1) is 20.5. The molecular formula is C20H24ClNO3S. The van der Waals surface area contributed by atoms with Gasteiger partial charge in [0, 0.05) is 6.26 Å². The smallest absolute Gasteiger partial charge is 0.253 e. The van der Waals surface area contributed by atoms with Crippen molar-refractivity contribution in [2.24, 2.45) is 5.92 Å². The van der Waals surface area contributed by atoms with E-state index >= 15 is 0 Å². The number of hydrogen-bond acceptors (Lipinski definition) is 3. The molecular weight excluding hydrogens is 370 g/mol. The molecule has 0 radical (unpaired) electrons. The van der Waals surface area contributed by atoms with Crippen LogP contribution < -0.4 is 5.32 Å². The van der Waals surface area contributed by atoms with E-state index in [0.29, 0.717) is 5.92 Å². The van der Waals surface area contributed by atoms with Crippen molar-refractivity contribution in [3.8, 4) is 0 Å². The maximum absolute atomic E-state index is 12.6. The summed E-state index contributed by atoms with van der Waals surface area (Å²) >= 11 is 6.08. The van der Waals surface area contributed by atoms with Gasteiger partial charge in [0.15, 0.2) is 9.84 Å². The third-order valence-corrected chi connectivity index (χ3v) is 5.52. The summed E-state index contributed by atoms with van der Waals surface area (Å²) in [4.78, 5) is 12.6. The fraction of sp³-hybridized carbons (Fsp3) is 0.350. The van der Waals surface area contributed by atoms with Crippen molar-refractivity contribution in [3.05, 3.63) is 64.2 Å². The van der Waals surface area contributed by atoms with Gasteiger partial charge >= 0.3 is 0 Å². The molecule has 0 aliphatic rings. The third kappa shape index (κ3) is 5.32. The molecule has 1 amide bonds. The molecule has 0 bridgehead atoms. The number of amides is 1. The molecule has 6 heteroatoms. The van der Waals surface area contributed by atoms with Crippen LogP contribution >= 0.6 is 11.6 Å². The molecule has 2 aromatic carbocycles. The minimum Gasteiger partial charge on any atom is -0.345 e. The van der Waals surface area contributed by atoms with Crippen LogP contribution in [0.4, 0.5) is 0 Å². The second kappa shape index (κ2) is 8.23. The van der Waals surface area contributed by atoms with Crippen LogP contribution in [0.3, 0.4) is 0 Å². The van der Waals surface area contributed by atoms with Gasteiger partial charge in [0.05, 0.1) is 21.5 Å². The van der Waals surface area contributed by atoms with Crippen LogP contribution in [0.15, 0.2) is 47.4 Å². The molecule has 0 aromatic heterocycles. The van der Waals surface area contributed by atoms with Gasteiger partial charge in [-0.15, -0.1) is 0 Å². The van der Waals surface area contributed by atoms with E-state index in [2.05, 4.69) is 31.3 Å². The van der Waals surface area contributed by atoms with E-state index in [9.17, 15) is 13.2 Å². The molecule has 4 nitrogen and oxygen atoms in total. The number of benzene rings is 2. The Morgan fingerprint density at radius 2 is 1.69 bits per heavy atom. The van der Waals surface area contributed by atoms with E-state index in [1.807, 2.05) is 19.1 Å². The first-order valence-electron chi connectivity index (χ1n) is 8.47. The number of hydrogen-bond donors (Lipinski definition) is 1. The number of sulfone groups is 1. The zero-order chi connectivity index (χ0) is 19.5. The summed E-state index contributed by atoms with van der Waals surface area (Å²) < 4.78 is 23.4. The monoisotopic (exact) mass is 393 g/mol. The highest BCUT2D eigenvalue weighted by atomic mass is 35.5. The molecule has 0 saturated carbocycles. The van der Waals surface area contributed by atoms with Gasteiger partial charge < -0.3 is 5.32 Å². The van der Waals surface area contributed by atoms with E-state index in [0.717, 1.165) is 18.2 Å². The first-order chi connectivity index (χ1) is 12.1. The second-order valence-corrected chi connectivity index (χ2v) is 9.37.